The Morgan fingerprint density at radius 2 is 1.78 bits per heavy atom. The lowest BCUT2D eigenvalue weighted by atomic mass is 10.1. The Morgan fingerprint density at radius 3 is 2.52 bits per heavy atom. The van der Waals surface area contributed by atoms with Crippen LogP contribution >= 0.6 is 0 Å². The highest BCUT2D eigenvalue weighted by Crippen LogP contribution is 2.09. The molecule has 1 heterocycles. The van der Waals surface area contributed by atoms with Crippen molar-refractivity contribution in [3.05, 3.63) is 106 Å². The highest BCUT2D eigenvalue weighted by molar-refractivity contribution is 5.93. The maximum absolute atomic E-state index is 12.8. The summed E-state index contributed by atoms with van der Waals surface area (Å²) in [5, 5.41) is 9.00. The minimum Gasteiger partial charge on any atom is -0.337 e. The molecule has 134 valence electrons. The number of carbonyl (C=O) groups excluding carboxylic acids is 1. The second-order valence-corrected chi connectivity index (χ2v) is 6.31. The molecule has 3 rings (SSSR count). The van der Waals surface area contributed by atoms with Gasteiger partial charge in [-0.25, -0.2) is 0 Å². The largest absolute Gasteiger partial charge is 0.337 e. The van der Waals surface area contributed by atoms with Crippen molar-refractivity contribution in [2.75, 3.05) is 7.05 Å². The van der Waals surface area contributed by atoms with E-state index < -0.39 is 0 Å². The van der Waals surface area contributed by atoms with Crippen LogP contribution in [0.5, 0.6) is 0 Å². The van der Waals surface area contributed by atoms with Gasteiger partial charge in [0.05, 0.1) is 18.2 Å². The molecular weight excluding hydrogens is 338 g/mol. The van der Waals surface area contributed by atoms with Gasteiger partial charge in [0.25, 0.3) is 11.5 Å². The highest BCUT2D eigenvalue weighted by Gasteiger charge is 2.17. The van der Waals surface area contributed by atoms with Crippen LogP contribution in [0.15, 0.2) is 77.7 Å². The van der Waals surface area contributed by atoms with Crippen LogP contribution in [-0.2, 0) is 13.1 Å². The number of rotatable bonds is 5. The molecule has 0 aliphatic heterocycles. The van der Waals surface area contributed by atoms with Crippen LogP contribution in [-0.4, -0.2) is 22.4 Å². The second kappa shape index (κ2) is 8.15. The molecule has 0 atom stereocenters. The molecule has 0 radical (unpaired) electrons. The molecule has 27 heavy (non-hydrogen) atoms. The van der Waals surface area contributed by atoms with Crippen molar-refractivity contribution >= 4 is 5.91 Å². The fraction of sp³-hybridized carbons (Fsp3) is 0.136. The van der Waals surface area contributed by atoms with Crippen LogP contribution in [0, 0.1) is 11.3 Å². The number of aromatic nitrogens is 1. The summed E-state index contributed by atoms with van der Waals surface area (Å²) in [6.07, 6.45) is 1.68. The fourth-order valence-electron chi connectivity index (χ4n) is 2.89. The van der Waals surface area contributed by atoms with Gasteiger partial charge < -0.3 is 9.47 Å². The van der Waals surface area contributed by atoms with Gasteiger partial charge in [0.15, 0.2) is 0 Å². The van der Waals surface area contributed by atoms with E-state index in [1.54, 1.807) is 43.6 Å². The number of pyridine rings is 1. The summed E-state index contributed by atoms with van der Waals surface area (Å²) in [4.78, 5) is 27.0. The number of hydrogen-bond acceptors (Lipinski definition) is 3. The van der Waals surface area contributed by atoms with E-state index in [1.165, 1.54) is 9.47 Å². The molecule has 0 spiro atoms. The molecule has 0 fully saturated rings. The molecule has 2 aromatic carbocycles. The Balaban J connectivity index is 1.81. The predicted molar refractivity (Wildman–Crippen MR) is 103 cm³/mol. The molecule has 3 aromatic rings. The first kappa shape index (κ1) is 18.2. The SMILES string of the molecule is CN(Cc1cccc(C#N)c1)C(=O)c1cccn(Cc2ccccc2)c1=O. The monoisotopic (exact) mass is 357 g/mol. The van der Waals surface area contributed by atoms with Gasteiger partial charge in [0.1, 0.15) is 5.56 Å². The van der Waals surface area contributed by atoms with Crippen molar-refractivity contribution in [3.8, 4) is 6.07 Å². The summed E-state index contributed by atoms with van der Waals surface area (Å²) in [5.41, 5.74) is 2.19. The lowest BCUT2D eigenvalue weighted by Gasteiger charge is -2.18. The van der Waals surface area contributed by atoms with Gasteiger partial charge >= 0.3 is 0 Å². The smallest absolute Gasteiger partial charge is 0.263 e. The van der Waals surface area contributed by atoms with Crippen LogP contribution in [0.4, 0.5) is 0 Å². The summed E-state index contributed by atoms with van der Waals surface area (Å²) in [6, 6.07) is 22.1. The fourth-order valence-corrected chi connectivity index (χ4v) is 2.89. The average Bonchev–Trinajstić information content (AvgIpc) is 2.70. The number of benzene rings is 2. The van der Waals surface area contributed by atoms with Gasteiger partial charge in [0.2, 0.25) is 0 Å². The van der Waals surface area contributed by atoms with E-state index in [4.69, 9.17) is 5.26 Å². The Morgan fingerprint density at radius 1 is 1.04 bits per heavy atom. The Bertz CT molecular complexity index is 1050. The van der Waals surface area contributed by atoms with Gasteiger partial charge in [-0.1, -0.05) is 42.5 Å². The zero-order valence-electron chi connectivity index (χ0n) is 15.0. The lowest BCUT2D eigenvalue weighted by molar-refractivity contribution is 0.0782. The van der Waals surface area contributed by atoms with Gasteiger partial charge in [-0.15, -0.1) is 0 Å². The molecule has 5 heteroatoms. The van der Waals surface area contributed by atoms with E-state index in [1.807, 2.05) is 36.4 Å². The zero-order valence-corrected chi connectivity index (χ0v) is 15.0. The number of nitrogens with zero attached hydrogens (tertiary/aromatic N) is 3. The van der Waals surface area contributed by atoms with Crippen LogP contribution in [0.3, 0.4) is 0 Å². The van der Waals surface area contributed by atoms with Crippen molar-refractivity contribution in [1.82, 2.24) is 9.47 Å². The minimum atomic E-state index is -0.343. The molecule has 5 nitrogen and oxygen atoms in total. The second-order valence-electron chi connectivity index (χ2n) is 6.31. The Hall–Kier alpha value is -3.65. The summed E-state index contributed by atoms with van der Waals surface area (Å²) in [7, 11) is 1.65. The van der Waals surface area contributed by atoms with E-state index in [0.29, 0.717) is 18.7 Å². The average molecular weight is 357 g/mol. The molecule has 0 bridgehead atoms. The molecule has 0 saturated heterocycles. The Labute approximate surface area is 157 Å². The third kappa shape index (κ3) is 4.31. The summed E-state index contributed by atoms with van der Waals surface area (Å²) < 4.78 is 1.53. The van der Waals surface area contributed by atoms with E-state index in [9.17, 15) is 9.59 Å². The van der Waals surface area contributed by atoms with Crippen LogP contribution in [0.1, 0.15) is 27.0 Å². The summed E-state index contributed by atoms with van der Waals surface area (Å²) >= 11 is 0. The van der Waals surface area contributed by atoms with E-state index in [2.05, 4.69) is 6.07 Å². The van der Waals surface area contributed by atoms with E-state index >= 15 is 0 Å². The number of amides is 1. The lowest BCUT2D eigenvalue weighted by Crippen LogP contribution is -2.34. The highest BCUT2D eigenvalue weighted by atomic mass is 16.2. The van der Waals surface area contributed by atoms with Crippen molar-refractivity contribution in [3.63, 3.8) is 0 Å². The van der Waals surface area contributed by atoms with Crippen LogP contribution in [0.25, 0.3) is 0 Å². The molecule has 0 aliphatic carbocycles. The molecule has 1 aromatic heterocycles. The number of hydrogen-bond donors (Lipinski definition) is 0. The molecular formula is C22H19N3O2. The predicted octanol–water partition coefficient (Wildman–Crippen LogP) is 3.04. The Kier molecular flexibility index (Phi) is 5.48. The standard InChI is InChI=1S/C22H19N3O2/c1-24(15-19-10-5-9-18(13-19)14-23)21(26)20-11-6-12-25(22(20)27)16-17-7-3-2-4-8-17/h2-13H,15-16H2,1H3. The summed E-state index contributed by atoms with van der Waals surface area (Å²) in [5.74, 6) is -0.343. The van der Waals surface area contributed by atoms with Gasteiger partial charge in [0, 0.05) is 19.8 Å². The summed E-state index contributed by atoms with van der Waals surface area (Å²) in [6.45, 7) is 0.732. The third-order valence-corrected chi connectivity index (χ3v) is 4.27. The van der Waals surface area contributed by atoms with E-state index in [-0.39, 0.29) is 17.0 Å². The van der Waals surface area contributed by atoms with E-state index in [0.717, 1.165) is 11.1 Å². The van der Waals surface area contributed by atoms with Crippen molar-refractivity contribution < 1.29 is 4.79 Å². The quantitative estimate of drug-likeness (QED) is 0.705. The van der Waals surface area contributed by atoms with Crippen LogP contribution < -0.4 is 5.56 Å². The first-order chi connectivity index (χ1) is 13.1. The minimum absolute atomic E-state index is 0.132. The third-order valence-electron chi connectivity index (χ3n) is 4.27. The molecule has 0 unspecified atom stereocenters. The number of nitriles is 1. The van der Waals surface area contributed by atoms with Gasteiger partial charge in [-0.2, -0.15) is 5.26 Å². The zero-order chi connectivity index (χ0) is 19.2. The van der Waals surface area contributed by atoms with Crippen molar-refractivity contribution in [2.24, 2.45) is 0 Å². The topological polar surface area (TPSA) is 66.1 Å². The molecule has 0 N–H and O–H groups in total. The van der Waals surface area contributed by atoms with Gasteiger partial charge in [-0.05, 0) is 35.4 Å². The van der Waals surface area contributed by atoms with Crippen LogP contribution in [0.2, 0.25) is 0 Å². The molecule has 0 saturated carbocycles. The van der Waals surface area contributed by atoms with Crippen molar-refractivity contribution in [2.45, 2.75) is 13.1 Å². The maximum Gasteiger partial charge on any atom is 0.263 e. The molecule has 0 aliphatic rings. The molecule has 1 amide bonds. The number of carbonyl (C=O) groups is 1. The first-order valence-corrected chi connectivity index (χ1v) is 8.56. The maximum atomic E-state index is 12.8. The first-order valence-electron chi connectivity index (χ1n) is 8.56. The normalized spacial score (nSPS) is 10.2. The van der Waals surface area contributed by atoms with Gasteiger partial charge in [-0.3, -0.25) is 9.59 Å². The van der Waals surface area contributed by atoms with Crippen molar-refractivity contribution in [1.29, 1.82) is 5.26 Å².